The topological polar surface area (TPSA) is 73.2 Å². The zero-order valence-corrected chi connectivity index (χ0v) is 23.0. The molecule has 2 fully saturated rings. The van der Waals surface area contributed by atoms with Gasteiger partial charge in [0.05, 0.1) is 22.4 Å². The number of benzene rings is 3. The highest BCUT2D eigenvalue weighted by atomic mass is 19.4. The number of rotatable bonds is 5. The number of amides is 1. The Balaban J connectivity index is 1.21. The monoisotopic (exact) mass is 579 g/mol. The fraction of sp³-hybridized carbons (Fsp3) is 0.387. The molecule has 0 aliphatic carbocycles. The Morgan fingerprint density at radius 1 is 0.905 bits per heavy atom. The van der Waals surface area contributed by atoms with Crippen molar-refractivity contribution in [3.63, 3.8) is 0 Å². The minimum Gasteiger partial charge on any atom is -0.368 e. The van der Waals surface area contributed by atoms with Gasteiger partial charge in [0, 0.05) is 75.9 Å². The maximum Gasteiger partial charge on any atom is 0.416 e. The second-order valence-electron chi connectivity index (χ2n) is 11.2. The molecular weight excluding hydrogens is 547 g/mol. The molecule has 0 N–H and O–H groups in total. The summed E-state index contributed by atoms with van der Waals surface area (Å²) in [7, 11) is 0. The lowest BCUT2D eigenvalue weighted by Crippen LogP contribution is -2.62. The predicted molar refractivity (Wildman–Crippen MR) is 153 cm³/mol. The zero-order valence-electron chi connectivity index (χ0n) is 23.0. The van der Waals surface area contributed by atoms with Gasteiger partial charge in [0.1, 0.15) is 0 Å². The quantitative estimate of drug-likeness (QED) is 0.319. The molecule has 0 bridgehead atoms. The maximum absolute atomic E-state index is 14.1. The molecule has 0 radical (unpaired) electrons. The number of nitrogens with zero attached hydrogens (tertiary/aromatic N) is 5. The van der Waals surface area contributed by atoms with Gasteiger partial charge in [-0.25, -0.2) is 0 Å². The van der Waals surface area contributed by atoms with Gasteiger partial charge in [-0.1, -0.05) is 36.4 Å². The summed E-state index contributed by atoms with van der Waals surface area (Å²) < 4.78 is 39.8. The van der Waals surface area contributed by atoms with Crippen molar-refractivity contribution in [1.29, 1.82) is 0 Å². The lowest BCUT2D eigenvalue weighted by molar-refractivity contribution is -0.384. The van der Waals surface area contributed by atoms with Gasteiger partial charge in [-0.3, -0.25) is 19.8 Å². The highest BCUT2D eigenvalue weighted by molar-refractivity contribution is 5.83. The van der Waals surface area contributed by atoms with Crippen molar-refractivity contribution in [1.82, 2.24) is 9.80 Å². The molecule has 0 spiro atoms. The van der Waals surface area contributed by atoms with Crippen LogP contribution in [0.3, 0.4) is 0 Å². The molecular formula is C31H32F3N5O3. The van der Waals surface area contributed by atoms with Crippen LogP contribution < -0.4 is 9.80 Å². The number of hydrogen-bond acceptors (Lipinski definition) is 6. The van der Waals surface area contributed by atoms with Crippen molar-refractivity contribution in [2.24, 2.45) is 5.92 Å². The zero-order chi connectivity index (χ0) is 29.4. The molecule has 11 heteroatoms. The lowest BCUT2D eigenvalue weighted by Gasteiger charge is -2.50. The summed E-state index contributed by atoms with van der Waals surface area (Å²) in [5, 5.41) is 11.5. The fourth-order valence-corrected chi connectivity index (χ4v) is 6.55. The summed E-state index contributed by atoms with van der Waals surface area (Å²) in [6, 6.07) is 20.3. The fourth-order valence-electron chi connectivity index (χ4n) is 6.55. The van der Waals surface area contributed by atoms with Gasteiger partial charge in [0.2, 0.25) is 5.91 Å². The Morgan fingerprint density at radius 3 is 2.38 bits per heavy atom. The van der Waals surface area contributed by atoms with Crippen LogP contribution in [-0.4, -0.2) is 72.5 Å². The van der Waals surface area contributed by atoms with Crippen LogP contribution in [0.5, 0.6) is 0 Å². The first-order chi connectivity index (χ1) is 20.2. The van der Waals surface area contributed by atoms with Crippen LogP contribution in [0.2, 0.25) is 0 Å². The molecule has 3 heterocycles. The molecule has 2 saturated heterocycles. The predicted octanol–water partition coefficient (Wildman–Crippen LogP) is 4.83. The van der Waals surface area contributed by atoms with Crippen molar-refractivity contribution in [3.05, 3.63) is 99.6 Å². The molecule has 220 valence electrons. The van der Waals surface area contributed by atoms with Gasteiger partial charge >= 0.3 is 6.18 Å². The molecule has 42 heavy (non-hydrogen) atoms. The third-order valence-corrected chi connectivity index (χ3v) is 8.69. The van der Waals surface area contributed by atoms with Crippen molar-refractivity contribution in [2.75, 3.05) is 55.6 Å². The molecule has 0 unspecified atom stereocenters. The molecule has 8 nitrogen and oxygen atoms in total. The number of anilines is 2. The second-order valence-corrected chi connectivity index (χ2v) is 11.2. The van der Waals surface area contributed by atoms with Crippen LogP contribution in [-0.2, 0) is 23.9 Å². The lowest BCUT2D eigenvalue weighted by atomic mass is 9.82. The summed E-state index contributed by atoms with van der Waals surface area (Å²) in [6.45, 7) is 4.61. The molecule has 1 amide bonds. The van der Waals surface area contributed by atoms with E-state index in [4.69, 9.17) is 0 Å². The van der Waals surface area contributed by atoms with Crippen molar-refractivity contribution in [2.45, 2.75) is 25.2 Å². The third-order valence-electron chi connectivity index (χ3n) is 8.69. The number of nitro groups is 1. The van der Waals surface area contributed by atoms with Crippen LogP contribution in [0, 0.1) is 16.0 Å². The van der Waals surface area contributed by atoms with Crippen molar-refractivity contribution < 1.29 is 22.9 Å². The normalized spacial score (nSPS) is 21.1. The summed E-state index contributed by atoms with van der Waals surface area (Å²) >= 11 is 0. The van der Waals surface area contributed by atoms with Crippen LogP contribution >= 0.6 is 0 Å². The number of hydrogen-bond donors (Lipinski definition) is 0. The molecule has 3 aromatic carbocycles. The van der Waals surface area contributed by atoms with Crippen LogP contribution in [0.25, 0.3) is 0 Å². The molecule has 2 atom stereocenters. The highest BCUT2D eigenvalue weighted by Gasteiger charge is 2.43. The maximum atomic E-state index is 14.1. The van der Waals surface area contributed by atoms with Gasteiger partial charge in [0.15, 0.2) is 0 Å². The number of halogens is 3. The number of carbonyl (C=O) groups is 1. The molecule has 0 aromatic heterocycles. The number of fused-ring (bicyclic) bond motifs is 3. The van der Waals surface area contributed by atoms with Crippen LogP contribution in [0.15, 0.2) is 72.8 Å². The highest BCUT2D eigenvalue weighted by Crippen LogP contribution is 2.39. The number of piperazine rings is 2. The number of nitro benzene ring substituents is 1. The Hall–Kier alpha value is -4.12. The SMILES string of the molecule is O=C([C@H]1Cc2cc([N+](=O)[O-])ccc2N2CCN(Cc3ccccc3)C[C@@H]12)N1CCN(c2cccc(C(F)(F)F)c2)CC1. The second kappa shape index (κ2) is 11.3. The third kappa shape index (κ3) is 5.65. The first kappa shape index (κ1) is 28.0. The van der Waals surface area contributed by atoms with Gasteiger partial charge in [-0.15, -0.1) is 0 Å². The number of carbonyl (C=O) groups excluding carboxylic acids is 1. The number of alkyl halides is 3. The van der Waals surface area contributed by atoms with Gasteiger partial charge in [-0.2, -0.15) is 13.2 Å². The molecule has 0 saturated carbocycles. The molecule has 3 aliphatic rings. The van der Waals surface area contributed by atoms with E-state index in [-0.39, 0.29) is 17.6 Å². The largest absolute Gasteiger partial charge is 0.416 e. The van der Waals surface area contributed by atoms with E-state index in [2.05, 4.69) is 21.9 Å². The summed E-state index contributed by atoms with van der Waals surface area (Å²) in [5.41, 5.74) is 2.76. The summed E-state index contributed by atoms with van der Waals surface area (Å²) in [5.74, 6) is -0.398. The molecule has 3 aliphatic heterocycles. The average molecular weight is 580 g/mol. The van der Waals surface area contributed by atoms with Crippen LogP contribution in [0.1, 0.15) is 16.7 Å². The van der Waals surface area contributed by atoms with Crippen molar-refractivity contribution >= 4 is 23.0 Å². The van der Waals surface area contributed by atoms with E-state index in [1.54, 1.807) is 12.1 Å². The van der Waals surface area contributed by atoms with E-state index < -0.39 is 22.6 Å². The molecule has 3 aromatic rings. The minimum absolute atomic E-state index is 0.00703. The Labute approximate surface area is 242 Å². The number of non-ortho nitro benzene ring substituents is 1. The Bertz CT molecular complexity index is 1460. The first-order valence-electron chi connectivity index (χ1n) is 14.2. The van der Waals surface area contributed by atoms with E-state index in [1.165, 1.54) is 17.7 Å². The average Bonchev–Trinajstić information content (AvgIpc) is 3.00. The summed E-state index contributed by atoms with van der Waals surface area (Å²) in [4.78, 5) is 33.5. The van der Waals surface area contributed by atoms with E-state index in [0.29, 0.717) is 51.4 Å². The van der Waals surface area contributed by atoms with Crippen LogP contribution in [0.4, 0.5) is 30.2 Å². The van der Waals surface area contributed by atoms with E-state index in [9.17, 15) is 28.1 Å². The van der Waals surface area contributed by atoms with Gasteiger partial charge in [-0.05, 0) is 41.8 Å². The summed E-state index contributed by atoms with van der Waals surface area (Å²) in [6.07, 6.45) is -4.01. The standard InChI is InChI=1S/C31H32F3N5O3/c32-31(33,34)24-7-4-8-25(19-24)36-12-14-37(15-13-36)30(40)27-18-23-17-26(39(41)42)9-10-28(23)38-16-11-35(21-29(27)38)20-22-5-2-1-3-6-22/h1-10,17,19,27,29H,11-16,18,20-21H2/t27-,29-/m0/s1. The minimum atomic E-state index is -4.42. The van der Waals surface area contributed by atoms with E-state index in [1.807, 2.05) is 34.1 Å². The van der Waals surface area contributed by atoms with Crippen molar-refractivity contribution in [3.8, 4) is 0 Å². The van der Waals surface area contributed by atoms with Gasteiger partial charge in [0.25, 0.3) is 5.69 Å². The smallest absolute Gasteiger partial charge is 0.368 e. The van der Waals surface area contributed by atoms with E-state index >= 15 is 0 Å². The first-order valence-corrected chi connectivity index (χ1v) is 14.2. The molecule has 6 rings (SSSR count). The Kier molecular flexibility index (Phi) is 7.53. The van der Waals surface area contributed by atoms with Gasteiger partial charge < -0.3 is 14.7 Å². The Morgan fingerprint density at radius 2 is 1.67 bits per heavy atom. The van der Waals surface area contributed by atoms with E-state index in [0.717, 1.165) is 36.5 Å².